The highest BCUT2D eigenvalue weighted by atomic mass is 32.2. The summed E-state index contributed by atoms with van der Waals surface area (Å²) in [6.07, 6.45) is -0.770. The van der Waals surface area contributed by atoms with Crippen molar-refractivity contribution in [1.29, 1.82) is 0 Å². The van der Waals surface area contributed by atoms with Crippen molar-refractivity contribution >= 4 is 21.6 Å². The Hall–Kier alpha value is -1.44. The lowest BCUT2D eigenvalue weighted by Crippen LogP contribution is -2.31. The molecule has 0 radical (unpaired) electrons. The Morgan fingerprint density at radius 1 is 1.42 bits per heavy atom. The Morgan fingerprint density at radius 2 is 2.05 bits per heavy atom. The summed E-state index contributed by atoms with van der Waals surface area (Å²) in [5, 5.41) is 11.7. The van der Waals surface area contributed by atoms with Gasteiger partial charge in [0.05, 0.1) is 11.0 Å². The normalized spacial score (nSPS) is 13.1. The van der Waals surface area contributed by atoms with Gasteiger partial charge in [-0.1, -0.05) is 6.07 Å². The van der Waals surface area contributed by atoms with Crippen LogP contribution in [0.4, 0.5) is 5.69 Å². The topological polar surface area (TPSA) is 95.5 Å². The monoisotopic (exact) mass is 286 g/mol. The molecule has 0 spiro atoms. The lowest BCUT2D eigenvalue weighted by atomic mass is 10.2. The zero-order chi connectivity index (χ0) is 14.6. The molecule has 0 aromatic heterocycles. The lowest BCUT2D eigenvalue weighted by molar-refractivity contribution is -0.114. The van der Waals surface area contributed by atoms with Gasteiger partial charge in [-0.15, -0.1) is 0 Å². The quantitative estimate of drug-likeness (QED) is 0.739. The molecule has 106 valence electrons. The first-order chi connectivity index (χ1) is 8.72. The van der Waals surface area contributed by atoms with Crippen molar-refractivity contribution < 1.29 is 18.3 Å². The van der Waals surface area contributed by atoms with E-state index >= 15 is 0 Å². The minimum atomic E-state index is -3.71. The standard InChI is InChI=1S/C12H18N2O4S/c1-8-4-5-11(14-10(3)16)6-12(8)19(17,18)13-7-9(2)15/h4-6,9,13,15H,7H2,1-3H3,(H,14,16). The van der Waals surface area contributed by atoms with Crippen LogP contribution in [0.2, 0.25) is 0 Å². The molecule has 1 unspecified atom stereocenters. The smallest absolute Gasteiger partial charge is 0.240 e. The summed E-state index contributed by atoms with van der Waals surface area (Å²) in [6, 6.07) is 4.63. The summed E-state index contributed by atoms with van der Waals surface area (Å²) in [6.45, 7) is 4.43. The van der Waals surface area contributed by atoms with Crippen LogP contribution in [0.25, 0.3) is 0 Å². The van der Waals surface area contributed by atoms with E-state index in [2.05, 4.69) is 10.0 Å². The van der Waals surface area contributed by atoms with Crippen LogP contribution in [0.3, 0.4) is 0 Å². The van der Waals surface area contributed by atoms with Crippen molar-refractivity contribution in [3.63, 3.8) is 0 Å². The van der Waals surface area contributed by atoms with E-state index in [0.717, 1.165) is 0 Å². The zero-order valence-corrected chi connectivity index (χ0v) is 11.9. The molecule has 0 heterocycles. The molecule has 1 atom stereocenters. The van der Waals surface area contributed by atoms with Gasteiger partial charge in [0.2, 0.25) is 15.9 Å². The Morgan fingerprint density at radius 3 is 2.58 bits per heavy atom. The summed E-state index contributed by atoms with van der Waals surface area (Å²) in [7, 11) is -3.71. The Bertz CT molecular complexity index is 567. The molecule has 7 heteroatoms. The number of aryl methyl sites for hydroxylation is 1. The summed E-state index contributed by atoms with van der Waals surface area (Å²) in [4.78, 5) is 11.0. The van der Waals surface area contributed by atoms with Gasteiger partial charge < -0.3 is 10.4 Å². The first-order valence-corrected chi connectivity index (χ1v) is 7.26. The molecular formula is C12H18N2O4S. The molecule has 1 amide bonds. The van der Waals surface area contributed by atoms with E-state index < -0.39 is 16.1 Å². The van der Waals surface area contributed by atoms with Crippen molar-refractivity contribution in [1.82, 2.24) is 4.72 Å². The summed E-state index contributed by atoms with van der Waals surface area (Å²) < 4.78 is 26.4. The average molecular weight is 286 g/mol. The maximum absolute atomic E-state index is 12.1. The van der Waals surface area contributed by atoms with Gasteiger partial charge in [-0.25, -0.2) is 13.1 Å². The number of hydrogen-bond acceptors (Lipinski definition) is 4. The average Bonchev–Trinajstić information content (AvgIpc) is 2.28. The molecule has 0 fully saturated rings. The second-order valence-corrected chi connectivity index (χ2v) is 6.10. The summed E-state index contributed by atoms with van der Waals surface area (Å²) in [5.41, 5.74) is 0.975. The number of carbonyl (C=O) groups is 1. The number of anilines is 1. The van der Waals surface area contributed by atoms with Crippen LogP contribution in [-0.4, -0.2) is 32.1 Å². The predicted octanol–water partition coefficient (Wildman–Crippen LogP) is 0.613. The van der Waals surface area contributed by atoms with E-state index in [4.69, 9.17) is 5.11 Å². The Balaban J connectivity index is 3.07. The zero-order valence-electron chi connectivity index (χ0n) is 11.1. The number of amides is 1. The molecule has 0 aliphatic rings. The fraction of sp³-hybridized carbons (Fsp3) is 0.417. The van der Waals surface area contributed by atoms with Gasteiger partial charge >= 0.3 is 0 Å². The molecule has 0 saturated carbocycles. The molecular weight excluding hydrogens is 268 g/mol. The van der Waals surface area contributed by atoms with E-state index in [0.29, 0.717) is 11.3 Å². The van der Waals surface area contributed by atoms with Crippen LogP contribution in [0, 0.1) is 6.92 Å². The Labute approximate surface area is 112 Å². The van der Waals surface area contributed by atoms with E-state index in [9.17, 15) is 13.2 Å². The third kappa shape index (κ3) is 4.62. The maximum Gasteiger partial charge on any atom is 0.240 e. The number of rotatable bonds is 5. The number of aliphatic hydroxyl groups is 1. The maximum atomic E-state index is 12.1. The molecule has 6 nitrogen and oxygen atoms in total. The van der Waals surface area contributed by atoms with Crippen LogP contribution in [-0.2, 0) is 14.8 Å². The minimum Gasteiger partial charge on any atom is -0.392 e. The van der Waals surface area contributed by atoms with Crippen molar-refractivity contribution in [3.8, 4) is 0 Å². The van der Waals surface area contributed by atoms with Crippen LogP contribution in [0.5, 0.6) is 0 Å². The molecule has 1 rings (SSSR count). The van der Waals surface area contributed by atoms with Crippen molar-refractivity contribution in [2.75, 3.05) is 11.9 Å². The molecule has 3 N–H and O–H groups in total. The van der Waals surface area contributed by atoms with Crippen molar-refractivity contribution in [2.45, 2.75) is 31.8 Å². The van der Waals surface area contributed by atoms with E-state index in [1.54, 1.807) is 19.1 Å². The number of aliphatic hydroxyl groups excluding tert-OH is 1. The van der Waals surface area contributed by atoms with Crippen LogP contribution in [0.15, 0.2) is 23.1 Å². The summed E-state index contributed by atoms with van der Waals surface area (Å²) >= 11 is 0. The van der Waals surface area contributed by atoms with Gasteiger partial charge in [0.1, 0.15) is 0 Å². The largest absolute Gasteiger partial charge is 0.392 e. The Kier molecular flexibility index (Phi) is 5.04. The number of carbonyl (C=O) groups excluding carboxylic acids is 1. The first kappa shape index (κ1) is 15.6. The van der Waals surface area contributed by atoms with Gasteiger partial charge in [0.15, 0.2) is 0 Å². The predicted molar refractivity (Wildman–Crippen MR) is 72.4 cm³/mol. The number of sulfonamides is 1. The fourth-order valence-corrected chi connectivity index (χ4v) is 2.87. The van der Waals surface area contributed by atoms with Crippen molar-refractivity contribution in [3.05, 3.63) is 23.8 Å². The highest BCUT2D eigenvalue weighted by Crippen LogP contribution is 2.20. The highest BCUT2D eigenvalue weighted by molar-refractivity contribution is 7.89. The number of benzene rings is 1. The second kappa shape index (κ2) is 6.14. The third-order valence-corrected chi connectivity index (χ3v) is 3.93. The van der Waals surface area contributed by atoms with E-state index in [-0.39, 0.29) is 17.3 Å². The van der Waals surface area contributed by atoms with Gasteiger partial charge in [0.25, 0.3) is 0 Å². The van der Waals surface area contributed by atoms with Crippen LogP contribution in [0.1, 0.15) is 19.4 Å². The van der Waals surface area contributed by atoms with E-state index in [1.165, 1.54) is 19.9 Å². The molecule has 1 aromatic carbocycles. The van der Waals surface area contributed by atoms with Gasteiger partial charge in [-0.2, -0.15) is 0 Å². The van der Waals surface area contributed by atoms with Gasteiger partial charge in [0, 0.05) is 19.2 Å². The molecule has 19 heavy (non-hydrogen) atoms. The molecule has 1 aromatic rings. The molecule has 0 bridgehead atoms. The highest BCUT2D eigenvalue weighted by Gasteiger charge is 2.17. The minimum absolute atomic E-state index is 0.0634. The van der Waals surface area contributed by atoms with Crippen LogP contribution >= 0.6 is 0 Å². The number of nitrogens with one attached hydrogen (secondary N) is 2. The molecule has 0 aliphatic heterocycles. The summed E-state index contributed by atoms with van der Waals surface area (Å²) in [5.74, 6) is -0.274. The first-order valence-electron chi connectivity index (χ1n) is 5.78. The molecule has 0 saturated heterocycles. The third-order valence-electron chi connectivity index (χ3n) is 2.37. The van der Waals surface area contributed by atoms with Gasteiger partial charge in [-0.05, 0) is 31.5 Å². The fourth-order valence-electron chi connectivity index (χ4n) is 1.48. The second-order valence-electron chi connectivity index (χ2n) is 4.36. The molecule has 0 aliphatic carbocycles. The number of hydrogen-bond donors (Lipinski definition) is 3. The van der Waals surface area contributed by atoms with E-state index in [1.807, 2.05) is 0 Å². The van der Waals surface area contributed by atoms with Gasteiger partial charge in [-0.3, -0.25) is 4.79 Å². The van der Waals surface area contributed by atoms with Crippen LogP contribution < -0.4 is 10.0 Å². The van der Waals surface area contributed by atoms with Crippen molar-refractivity contribution in [2.24, 2.45) is 0 Å². The SMILES string of the molecule is CC(=O)Nc1ccc(C)c(S(=O)(=O)NCC(C)O)c1. The lowest BCUT2D eigenvalue weighted by Gasteiger charge is -2.12.